The SMILES string of the molecule is COCC1=C(C2=CCCCC2)CC1(C)OC. The zero-order valence-corrected chi connectivity index (χ0v) is 10.6. The molecule has 2 aliphatic rings. The van der Waals surface area contributed by atoms with Crippen molar-refractivity contribution in [1.82, 2.24) is 0 Å². The Balaban J connectivity index is 2.22. The Labute approximate surface area is 98.3 Å². The predicted molar refractivity (Wildman–Crippen MR) is 65.5 cm³/mol. The second-order valence-electron chi connectivity index (χ2n) is 4.98. The number of allylic oxidation sites excluding steroid dienone is 2. The summed E-state index contributed by atoms with van der Waals surface area (Å²) in [6.07, 6.45) is 8.61. The van der Waals surface area contributed by atoms with E-state index in [1.165, 1.54) is 36.8 Å². The Bertz CT molecular complexity index is 328. The third-order valence-electron chi connectivity index (χ3n) is 3.93. The summed E-state index contributed by atoms with van der Waals surface area (Å²) >= 11 is 0. The molecule has 0 N–H and O–H groups in total. The van der Waals surface area contributed by atoms with E-state index in [1.807, 2.05) is 0 Å². The fraction of sp³-hybridized carbons (Fsp3) is 0.714. The van der Waals surface area contributed by atoms with Gasteiger partial charge in [0.1, 0.15) is 0 Å². The van der Waals surface area contributed by atoms with Gasteiger partial charge in [-0.1, -0.05) is 6.08 Å². The Morgan fingerprint density at radius 1 is 1.31 bits per heavy atom. The van der Waals surface area contributed by atoms with Crippen LogP contribution in [0, 0.1) is 0 Å². The molecule has 2 aliphatic carbocycles. The highest BCUT2D eigenvalue weighted by Crippen LogP contribution is 2.46. The smallest absolute Gasteiger partial charge is 0.0927 e. The van der Waals surface area contributed by atoms with Gasteiger partial charge >= 0.3 is 0 Å². The lowest BCUT2D eigenvalue weighted by Gasteiger charge is -2.43. The minimum atomic E-state index is -0.0797. The Kier molecular flexibility index (Phi) is 3.50. The summed E-state index contributed by atoms with van der Waals surface area (Å²) in [6, 6.07) is 0. The second-order valence-corrected chi connectivity index (χ2v) is 4.98. The van der Waals surface area contributed by atoms with Crippen molar-refractivity contribution >= 4 is 0 Å². The van der Waals surface area contributed by atoms with Gasteiger partial charge in [0, 0.05) is 20.6 Å². The topological polar surface area (TPSA) is 18.5 Å². The average molecular weight is 222 g/mol. The van der Waals surface area contributed by atoms with E-state index in [2.05, 4.69) is 13.0 Å². The molecule has 1 atom stereocenters. The molecule has 0 fully saturated rings. The van der Waals surface area contributed by atoms with Crippen LogP contribution in [0.15, 0.2) is 22.8 Å². The van der Waals surface area contributed by atoms with Crippen molar-refractivity contribution < 1.29 is 9.47 Å². The summed E-state index contributed by atoms with van der Waals surface area (Å²) < 4.78 is 10.9. The highest BCUT2D eigenvalue weighted by atomic mass is 16.5. The fourth-order valence-electron chi connectivity index (χ4n) is 2.76. The van der Waals surface area contributed by atoms with E-state index in [9.17, 15) is 0 Å². The lowest BCUT2D eigenvalue weighted by molar-refractivity contribution is 0.00627. The van der Waals surface area contributed by atoms with Gasteiger partial charge in [0.05, 0.1) is 12.2 Å². The van der Waals surface area contributed by atoms with Crippen LogP contribution < -0.4 is 0 Å². The molecule has 90 valence electrons. The van der Waals surface area contributed by atoms with Crippen LogP contribution in [0.5, 0.6) is 0 Å². The highest BCUT2D eigenvalue weighted by Gasteiger charge is 2.42. The Morgan fingerprint density at radius 3 is 2.69 bits per heavy atom. The highest BCUT2D eigenvalue weighted by molar-refractivity contribution is 5.49. The van der Waals surface area contributed by atoms with Crippen LogP contribution in [0.4, 0.5) is 0 Å². The Hall–Kier alpha value is -0.600. The molecule has 0 bridgehead atoms. The molecule has 16 heavy (non-hydrogen) atoms. The van der Waals surface area contributed by atoms with Crippen molar-refractivity contribution in [3.05, 3.63) is 22.8 Å². The minimum absolute atomic E-state index is 0.0797. The molecule has 0 aromatic rings. The van der Waals surface area contributed by atoms with Crippen LogP contribution in [0.2, 0.25) is 0 Å². The first-order chi connectivity index (χ1) is 7.71. The maximum atomic E-state index is 5.59. The summed E-state index contributed by atoms with van der Waals surface area (Å²) in [6.45, 7) is 2.87. The van der Waals surface area contributed by atoms with Gasteiger partial charge in [0.25, 0.3) is 0 Å². The van der Waals surface area contributed by atoms with E-state index in [0.29, 0.717) is 6.61 Å². The number of rotatable bonds is 4. The van der Waals surface area contributed by atoms with Crippen molar-refractivity contribution in [1.29, 1.82) is 0 Å². The van der Waals surface area contributed by atoms with Crippen molar-refractivity contribution in [2.45, 2.75) is 44.6 Å². The van der Waals surface area contributed by atoms with Crippen molar-refractivity contribution in [2.75, 3.05) is 20.8 Å². The maximum absolute atomic E-state index is 5.59. The monoisotopic (exact) mass is 222 g/mol. The van der Waals surface area contributed by atoms with Crippen LogP contribution in [-0.4, -0.2) is 26.4 Å². The third-order valence-corrected chi connectivity index (χ3v) is 3.93. The molecule has 0 amide bonds. The van der Waals surface area contributed by atoms with Crippen LogP contribution in [0.1, 0.15) is 39.0 Å². The molecule has 2 rings (SSSR count). The van der Waals surface area contributed by atoms with Crippen molar-refractivity contribution in [3.8, 4) is 0 Å². The number of methoxy groups -OCH3 is 2. The van der Waals surface area contributed by atoms with Gasteiger partial charge in [-0.3, -0.25) is 0 Å². The summed E-state index contributed by atoms with van der Waals surface area (Å²) in [5.41, 5.74) is 4.33. The summed E-state index contributed by atoms with van der Waals surface area (Å²) in [5, 5.41) is 0. The van der Waals surface area contributed by atoms with E-state index >= 15 is 0 Å². The largest absolute Gasteiger partial charge is 0.380 e. The maximum Gasteiger partial charge on any atom is 0.0927 e. The van der Waals surface area contributed by atoms with Gasteiger partial charge in [-0.25, -0.2) is 0 Å². The first-order valence-corrected chi connectivity index (χ1v) is 6.17. The standard InChI is InChI=1S/C14H22O2/c1-14(16-3)9-12(13(14)10-15-2)11-7-5-4-6-8-11/h7H,4-6,8-10H2,1-3H3. The molecular formula is C14H22O2. The molecule has 0 saturated carbocycles. The van der Waals surface area contributed by atoms with E-state index in [-0.39, 0.29) is 5.60 Å². The summed E-state index contributed by atoms with van der Waals surface area (Å²) in [7, 11) is 3.55. The molecule has 2 heteroatoms. The van der Waals surface area contributed by atoms with Crippen LogP contribution in [-0.2, 0) is 9.47 Å². The van der Waals surface area contributed by atoms with Gasteiger partial charge in [-0.2, -0.15) is 0 Å². The average Bonchev–Trinajstić information content (AvgIpc) is 2.33. The third kappa shape index (κ3) is 1.96. The van der Waals surface area contributed by atoms with E-state index in [1.54, 1.807) is 19.8 Å². The van der Waals surface area contributed by atoms with Crippen LogP contribution in [0.25, 0.3) is 0 Å². The number of hydrogen-bond donors (Lipinski definition) is 0. The molecule has 1 unspecified atom stereocenters. The molecular weight excluding hydrogens is 200 g/mol. The van der Waals surface area contributed by atoms with Crippen molar-refractivity contribution in [3.63, 3.8) is 0 Å². The lowest BCUT2D eigenvalue weighted by atomic mass is 9.70. The lowest BCUT2D eigenvalue weighted by Crippen LogP contribution is -2.42. The zero-order chi connectivity index (χ0) is 11.6. The molecule has 0 aliphatic heterocycles. The van der Waals surface area contributed by atoms with Crippen LogP contribution >= 0.6 is 0 Å². The second kappa shape index (κ2) is 4.72. The van der Waals surface area contributed by atoms with E-state index in [4.69, 9.17) is 9.47 Å². The normalized spacial score (nSPS) is 30.1. The number of hydrogen-bond acceptors (Lipinski definition) is 2. The number of ether oxygens (including phenoxy) is 2. The van der Waals surface area contributed by atoms with Gasteiger partial charge in [0.2, 0.25) is 0 Å². The molecule has 0 heterocycles. The minimum Gasteiger partial charge on any atom is -0.380 e. The van der Waals surface area contributed by atoms with Gasteiger partial charge in [-0.15, -0.1) is 0 Å². The van der Waals surface area contributed by atoms with Crippen molar-refractivity contribution in [2.24, 2.45) is 0 Å². The first-order valence-electron chi connectivity index (χ1n) is 6.17. The van der Waals surface area contributed by atoms with Crippen LogP contribution in [0.3, 0.4) is 0 Å². The quantitative estimate of drug-likeness (QED) is 0.727. The summed E-state index contributed by atoms with van der Waals surface area (Å²) in [4.78, 5) is 0. The van der Waals surface area contributed by atoms with Gasteiger partial charge in [-0.05, 0) is 49.3 Å². The predicted octanol–water partition coefficient (Wildman–Crippen LogP) is 3.24. The van der Waals surface area contributed by atoms with Gasteiger partial charge < -0.3 is 9.47 Å². The fourth-order valence-corrected chi connectivity index (χ4v) is 2.76. The van der Waals surface area contributed by atoms with E-state index < -0.39 is 0 Å². The molecule has 0 aromatic carbocycles. The molecule has 0 aromatic heterocycles. The zero-order valence-electron chi connectivity index (χ0n) is 10.6. The molecule has 0 saturated heterocycles. The molecule has 0 radical (unpaired) electrons. The summed E-state index contributed by atoms with van der Waals surface area (Å²) in [5.74, 6) is 0. The van der Waals surface area contributed by atoms with Gasteiger partial charge in [0.15, 0.2) is 0 Å². The molecule has 2 nitrogen and oxygen atoms in total. The molecule has 0 spiro atoms. The first kappa shape index (κ1) is 11.9. The Morgan fingerprint density at radius 2 is 2.12 bits per heavy atom. The van der Waals surface area contributed by atoms with E-state index in [0.717, 1.165) is 6.42 Å².